The Hall–Kier alpha value is -7.41. The number of alkyl halides is 24. The van der Waals surface area contributed by atoms with E-state index in [-0.39, 0.29) is 0 Å². The summed E-state index contributed by atoms with van der Waals surface area (Å²) in [5.74, 6) is 4.04. The molecule has 2 aliphatic carbocycles. The van der Waals surface area contributed by atoms with Crippen molar-refractivity contribution in [3.05, 3.63) is 209 Å². The van der Waals surface area contributed by atoms with Gasteiger partial charge in [0.25, 0.3) is 11.9 Å². The number of hydrogen-bond acceptors (Lipinski definition) is 4. The second kappa shape index (κ2) is 26.7. The summed E-state index contributed by atoms with van der Waals surface area (Å²) in [7, 11) is 0. The molecule has 0 bridgehead atoms. The standard InChI is InChI=1S/C32H12BF24.C32H34IO4/c34-25(35,36)13-1-14(26(37,38)39)6-21(5-13)33(22-7-15(27(40,41)42)2-16(8-22)28(43,44)45,23-9-17(29(46,47)48)3-18(10-23)30(49,50)51)24-11-19(31(52,53)54)4-20(12-24)32(55,56)57;1-3-7-23(8-4-1)25-11-15-27(16-12-25)34-31-21-19-29(36-31)33-30-20-22-32(37-30)35-28-17-13-26(14-18-28)24-9-5-2-6-10-24/h1-12H;11-24H,1-10H2/q-1;+1. The van der Waals surface area contributed by atoms with E-state index in [0.717, 1.165) is 19.0 Å². The van der Waals surface area contributed by atoms with Gasteiger partial charge in [-0.1, -0.05) is 111 Å². The van der Waals surface area contributed by atoms with Crippen LogP contribution in [-0.2, 0) is 49.4 Å². The quantitative estimate of drug-likeness (QED) is 0.0695. The maximum absolute atomic E-state index is 14.2. The zero-order valence-electron chi connectivity index (χ0n) is 47.7. The van der Waals surface area contributed by atoms with E-state index < -0.39 is 216 Å². The molecule has 0 saturated heterocycles. The molecular weight excluding hydrogens is 1430 g/mol. The van der Waals surface area contributed by atoms with Crippen molar-refractivity contribution in [3.8, 4) is 23.4 Å². The Morgan fingerprint density at radius 1 is 0.287 bits per heavy atom. The molecule has 504 valence electrons. The Bertz CT molecular complexity index is 3380. The lowest BCUT2D eigenvalue weighted by Gasteiger charge is -2.46. The van der Waals surface area contributed by atoms with Gasteiger partial charge in [-0.3, -0.25) is 0 Å². The highest BCUT2D eigenvalue weighted by Gasteiger charge is 2.47. The van der Waals surface area contributed by atoms with Gasteiger partial charge < -0.3 is 18.3 Å². The van der Waals surface area contributed by atoms with Gasteiger partial charge in [0.1, 0.15) is 17.6 Å². The normalized spacial score (nSPS) is 15.4. The average molecular weight is 1470 g/mol. The molecule has 4 nitrogen and oxygen atoms in total. The molecule has 8 aromatic rings. The molecule has 2 aromatic heterocycles. The minimum absolute atomic E-state index is 0.515. The van der Waals surface area contributed by atoms with Crippen molar-refractivity contribution in [1.29, 1.82) is 0 Å². The van der Waals surface area contributed by atoms with Gasteiger partial charge in [0.2, 0.25) is 0 Å². The van der Waals surface area contributed by atoms with Crippen molar-refractivity contribution in [2.45, 2.75) is 125 Å². The molecule has 0 spiro atoms. The molecule has 0 N–H and O–H groups in total. The molecule has 2 heterocycles. The van der Waals surface area contributed by atoms with E-state index in [0.29, 0.717) is 23.7 Å². The highest BCUT2D eigenvalue weighted by molar-refractivity contribution is 7.20. The van der Waals surface area contributed by atoms with E-state index in [2.05, 4.69) is 48.5 Å². The summed E-state index contributed by atoms with van der Waals surface area (Å²) < 4.78 is 366. The van der Waals surface area contributed by atoms with Gasteiger partial charge >= 0.3 is 78.1 Å². The third kappa shape index (κ3) is 17.0. The molecule has 0 atom stereocenters. The molecule has 30 heteroatoms. The van der Waals surface area contributed by atoms with Crippen LogP contribution < -0.4 is 52.5 Å². The molecule has 0 unspecified atom stereocenters. The minimum atomic E-state index is -6.13. The number of benzene rings is 6. The number of hydrogen-bond donors (Lipinski definition) is 0. The lowest BCUT2D eigenvalue weighted by atomic mass is 9.12. The molecule has 2 aliphatic rings. The third-order valence-electron chi connectivity index (χ3n) is 16.1. The van der Waals surface area contributed by atoms with Crippen LogP contribution in [-0.4, -0.2) is 6.15 Å². The van der Waals surface area contributed by atoms with Gasteiger partial charge in [0.05, 0.1) is 44.5 Å². The van der Waals surface area contributed by atoms with E-state index in [1.165, 1.54) is 75.3 Å². The summed E-state index contributed by atoms with van der Waals surface area (Å²) >= 11 is -0.605. The SMILES string of the molecule is FC(F)(F)c1cc([B-](c2cc(C(F)(F)F)cc(C(F)(F)F)c2)(c2cc(C(F)(F)F)cc(C(F)(F)F)c2)c2cc(C(F)(F)F)cc(C(F)(F)F)c2)cc(C(F)(F)F)c1.c1cc(C2CCCCC2)ccc1Oc1ccc([I+]c2ccc(Oc3ccc(C4CCCCC4)cc3)o2)o1. The Balaban J connectivity index is 0.000000241. The van der Waals surface area contributed by atoms with Crippen molar-refractivity contribution < 1.29 is 145 Å². The van der Waals surface area contributed by atoms with Crippen LogP contribution in [0.4, 0.5) is 105 Å². The van der Waals surface area contributed by atoms with Gasteiger partial charge in [-0.15, -0.1) is 0 Å². The summed E-state index contributed by atoms with van der Waals surface area (Å²) in [5, 5.41) is 0. The summed E-state index contributed by atoms with van der Waals surface area (Å²) in [4.78, 5) is 0. The van der Waals surface area contributed by atoms with Crippen molar-refractivity contribution in [3.63, 3.8) is 0 Å². The number of rotatable bonds is 12. The second-order valence-electron chi connectivity index (χ2n) is 22.4. The van der Waals surface area contributed by atoms with E-state index in [9.17, 15) is 105 Å². The summed E-state index contributed by atoms with van der Waals surface area (Å²) in [6.45, 7) is 0. The average Bonchev–Trinajstić information content (AvgIpc) is 0.773. The molecule has 2 fully saturated rings. The number of ether oxygens (including phenoxy) is 2. The molecule has 94 heavy (non-hydrogen) atoms. The van der Waals surface area contributed by atoms with Crippen LogP contribution in [0.1, 0.15) is 132 Å². The first-order valence-electron chi connectivity index (χ1n) is 28.3. The monoisotopic (exact) mass is 1470 g/mol. The fraction of sp³-hybridized carbons (Fsp3) is 0.312. The number of halogens is 25. The second-order valence-corrected chi connectivity index (χ2v) is 25.1. The fourth-order valence-corrected chi connectivity index (χ4v) is 13.6. The van der Waals surface area contributed by atoms with Crippen molar-refractivity contribution in [2.75, 3.05) is 0 Å². The zero-order valence-corrected chi connectivity index (χ0v) is 49.9. The maximum Gasteiger partial charge on any atom is 0.443 e. The molecule has 0 amide bonds. The highest BCUT2D eigenvalue weighted by atomic mass is 127. The van der Waals surface area contributed by atoms with Gasteiger partial charge in [0, 0.05) is 24.3 Å². The van der Waals surface area contributed by atoms with Crippen LogP contribution in [0.5, 0.6) is 23.4 Å². The molecule has 0 radical (unpaired) electrons. The van der Waals surface area contributed by atoms with Crippen molar-refractivity contribution >= 4 is 28.0 Å². The maximum atomic E-state index is 14.2. The Labute approximate surface area is 528 Å². The predicted octanol–water partition coefficient (Wildman–Crippen LogP) is 17.9. The van der Waals surface area contributed by atoms with E-state index >= 15 is 0 Å². The summed E-state index contributed by atoms with van der Waals surface area (Å²) in [6, 6.07) is 16.0. The van der Waals surface area contributed by atoms with Crippen LogP contribution in [0.3, 0.4) is 0 Å². The van der Waals surface area contributed by atoms with Crippen LogP contribution in [0, 0.1) is 7.53 Å². The molecule has 10 rings (SSSR count). The molecule has 6 aromatic carbocycles. The fourth-order valence-electron chi connectivity index (χ4n) is 11.7. The van der Waals surface area contributed by atoms with E-state index in [1.54, 1.807) is 0 Å². The van der Waals surface area contributed by atoms with Crippen LogP contribution in [0.2, 0.25) is 0 Å². The van der Waals surface area contributed by atoms with Crippen LogP contribution in [0.15, 0.2) is 154 Å². The van der Waals surface area contributed by atoms with Crippen molar-refractivity contribution in [1.82, 2.24) is 0 Å². The first-order chi connectivity index (χ1) is 43.5. The highest BCUT2D eigenvalue weighted by Crippen LogP contribution is 2.43. The molecule has 2 saturated carbocycles. The Morgan fingerprint density at radius 2 is 0.511 bits per heavy atom. The topological polar surface area (TPSA) is 44.7 Å². The van der Waals surface area contributed by atoms with E-state index in [1.807, 2.05) is 24.3 Å². The van der Waals surface area contributed by atoms with Gasteiger partial charge in [-0.2, -0.15) is 127 Å². The van der Waals surface area contributed by atoms with Crippen LogP contribution in [0.25, 0.3) is 0 Å². The lowest BCUT2D eigenvalue weighted by molar-refractivity contribution is -0.636. The largest absolute Gasteiger partial charge is 0.443 e. The van der Waals surface area contributed by atoms with Gasteiger partial charge in [-0.05, 0) is 97.2 Å². The Morgan fingerprint density at radius 3 is 0.723 bits per heavy atom. The summed E-state index contributed by atoms with van der Waals surface area (Å²) in [5.41, 5.74) is -27.4. The predicted molar refractivity (Wildman–Crippen MR) is 290 cm³/mol. The van der Waals surface area contributed by atoms with Crippen LogP contribution >= 0.6 is 0 Å². The zero-order chi connectivity index (χ0) is 68.8. The lowest BCUT2D eigenvalue weighted by Crippen LogP contribution is -3.61. The first kappa shape index (κ1) is 70.9. The minimum Gasteiger partial charge on any atom is -0.426 e. The van der Waals surface area contributed by atoms with Gasteiger partial charge in [-0.25, -0.2) is 0 Å². The first-order valence-corrected chi connectivity index (χ1v) is 30.5. The third-order valence-corrected chi connectivity index (χ3v) is 18.3. The van der Waals surface area contributed by atoms with E-state index in [4.69, 9.17) is 18.3 Å². The number of furan rings is 2. The molecule has 0 aliphatic heterocycles. The molecular formula is C64H46BF24IO4. The van der Waals surface area contributed by atoms with Gasteiger partial charge in [0.15, 0.2) is 0 Å². The Kier molecular flexibility index (Phi) is 20.1. The smallest absolute Gasteiger partial charge is 0.426 e. The van der Waals surface area contributed by atoms with Crippen molar-refractivity contribution in [2.24, 2.45) is 0 Å². The summed E-state index contributed by atoms with van der Waals surface area (Å²) in [6.07, 6.45) is -41.5.